The SMILES string of the molecule is COC(=O)CCCS(=O)(=O)Nc1ccc(F)cc1N. The van der Waals surface area contributed by atoms with Crippen LogP contribution in [0.5, 0.6) is 0 Å². The zero-order valence-electron chi connectivity index (χ0n) is 10.3. The molecule has 8 heteroatoms. The van der Waals surface area contributed by atoms with Crippen LogP contribution in [-0.2, 0) is 19.6 Å². The molecule has 0 aliphatic heterocycles. The van der Waals surface area contributed by atoms with Gasteiger partial charge in [-0.2, -0.15) is 0 Å². The molecule has 19 heavy (non-hydrogen) atoms. The smallest absolute Gasteiger partial charge is 0.305 e. The second-order valence-corrected chi connectivity index (χ2v) is 5.67. The average molecular weight is 290 g/mol. The fraction of sp³-hybridized carbons (Fsp3) is 0.364. The summed E-state index contributed by atoms with van der Waals surface area (Å²) in [5, 5.41) is 0. The van der Waals surface area contributed by atoms with Crippen molar-refractivity contribution < 1.29 is 22.3 Å². The van der Waals surface area contributed by atoms with Crippen molar-refractivity contribution in [3.8, 4) is 0 Å². The van der Waals surface area contributed by atoms with Crippen LogP contribution in [0.15, 0.2) is 18.2 Å². The maximum absolute atomic E-state index is 12.8. The molecule has 0 fully saturated rings. The molecular weight excluding hydrogens is 275 g/mol. The van der Waals surface area contributed by atoms with E-state index < -0.39 is 21.8 Å². The van der Waals surface area contributed by atoms with Crippen molar-refractivity contribution in [2.24, 2.45) is 0 Å². The molecule has 0 saturated carbocycles. The molecule has 0 radical (unpaired) electrons. The van der Waals surface area contributed by atoms with Crippen molar-refractivity contribution in [1.82, 2.24) is 0 Å². The van der Waals surface area contributed by atoms with Gasteiger partial charge in [-0.15, -0.1) is 0 Å². The summed E-state index contributed by atoms with van der Waals surface area (Å²) in [7, 11) is -2.40. The van der Waals surface area contributed by atoms with Crippen LogP contribution in [0, 0.1) is 5.82 Å². The molecule has 106 valence electrons. The van der Waals surface area contributed by atoms with E-state index in [9.17, 15) is 17.6 Å². The fourth-order valence-electron chi connectivity index (χ4n) is 1.35. The molecule has 0 amide bonds. The minimum Gasteiger partial charge on any atom is -0.469 e. The van der Waals surface area contributed by atoms with Gasteiger partial charge in [0, 0.05) is 6.42 Å². The van der Waals surface area contributed by atoms with Gasteiger partial charge in [-0.25, -0.2) is 12.8 Å². The van der Waals surface area contributed by atoms with Crippen molar-refractivity contribution in [3.05, 3.63) is 24.0 Å². The van der Waals surface area contributed by atoms with Gasteiger partial charge in [-0.3, -0.25) is 9.52 Å². The number of halogens is 1. The van der Waals surface area contributed by atoms with Gasteiger partial charge >= 0.3 is 5.97 Å². The second-order valence-electron chi connectivity index (χ2n) is 3.83. The van der Waals surface area contributed by atoms with Gasteiger partial charge in [0.25, 0.3) is 0 Å². The summed E-state index contributed by atoms with van der Waals surface area (Å²) in [6.07, 6.45) is 0.138. The molecule has 0 unspecified atom stereocenters. The minimum atomic E-state index is -3.63. The lowest BCUT2D eigenvalue weighted by molar-refractivity contribution is -0.140. The number of methoxy groups -OCH3 is 1. The summed E-state index contributed by atoms with van der Waals surface area (Å²) in [5.41, 5.74) is 5.59. The zero-order valence-corrected chi connectivity index (χ0v) is 11.2. The number of ether oxygens (including phenoxy) is 1. The van der Waals surface area contributed by atoms with Crippen LogP contribution in [0.4, 0.5) is 15.8 Å². The standard InChI is InChI=1S/C11H15FN2O4S/c1-18-11(15)3-2-6-19(16,17)14-10-5-4-8(12)7-9(10)13/h4-5,7,14H,2-3,6,13H2,1H3. The molecule has 6 nitrogen and oxygen atoms in total. The maximum Gasteiger partial charge on any atom is 0.305 e. The normalized spacial score (nSPS) is 11.1. The van der Waals surface area contributed by atoms with Crippen LogP contribution in [0.1, 0.15) is 12.8 Å². The van der Waals surface area contributed by atoms with Crippen LogP contribution in [0.3, 0.4) is 0 Å². The molecule has 1 aromatic rings. The second kappa shape index (κ2) is 6.37. The fourth-order valence-corrected chi connectivity index (χ4v) is 2.50. The number of carbonyl (C=O) groups is 1. The summed E-state index contributed by atoms with van der Waals surface area (Å²) in [5.74, 6) is -1.28. The lowest BCUT2D eigenvalue weighted by Gasteiger charge is -2.10. The Morgan fingerprint density at radius 2 is 2.16 bits per heavy atom. The van der Waals surface area contributed by atoms with E-state index in [0.717, 1.165) is 12.1 Å². The van der Waals surface area contributed by atoms with Gasteiger partial charge < -0.3 is 10.5 Å². The average Bonchev–Trinajstić information content (AvgIpc) is 2.32. The molecule has 0 aromatic heterocycles. The number of hydrogen-bond acceptors (Lipinski definition) is 5. The molecule has 0 aliphatic rings. The van der Waals surface area contributed by atoms with E-state index in [-0.39, 0.29) is 30.0 Å². The van der Waals surface area contributed by atoms with Crippen molar-refractivity contribution in [1.29, 1.82) is 0 Å². The van der Waals surface area contributed by atoms with Gasteiger partial charge in [-0.05, 0) is 24.6 Å². The van der Waals surface area contributed by atoms with E-state index in [1.54, 1.807) is 0 Å². The monoisotopic (exact) mass is 290 g/mol. The molecule has 0 saturated heterocycles. The van der Waals surface area contributed by atoms with Crippen LogP contribution < -0.4 is 10.5 Å². The Morgan fingerprint density at radius 3 is 2.74 bits per heavy atom. The summed E-state index contributed by atoms with van der Waals surface area (Å²) < 4.78 is 42.8. The highest BCUT2D eigenvalue weighted by Crippen LogP contribution is 2.20. The molecule has 0 atom stereocenters. The Hall–Kier alpha value is -1.83. The molecular formula is C11H15FN2O4S. The lowest BCUT2D eigenvalue weighted by Crippen LogP contribution is -2.18. The van der Waals surface area contributed by atoms with Crippen LogP contribution in [-0.4, -0.2) is 27.2 Å². The first-order valence-electron chi connectivity index (χ1n) is 5.46. The van der Waals surface area contributed by atoms with E-state index in [1.165, 1.54) is 13.2 Å². The highest BCUT2D eigenvalue weighted by molar-refractivity contribution is 7.92. The first kappa shape index (κ1) is 15.2. The van der Waals surface area contributed by atoms with E-state index in [1.807, 2.05) is 0 Å². The van der Waals surface area contributed by atoms with E-state index in [0.29, 0.717) is 0 Å². The summed E-state index contributed by atoms with van der Waals surface area (Å²) >= 11 is 0. The molecule has 0 aliphatic carbocycles. The molecule has 0 heterocycles. The number of nitrogens with one attached hydrogen (secondary N) is 1. The predicted octanol–water partition coefficient (Wildman–Crippen LogP) is 1.10. The topological polar surface area (TPSA) is 98.5 Å². The quantitative estimate of drug-likeness (QED) is 0.604. The van der Waals surface area contributed by atoms with Gasteiger partial charge in [0.1, 0.15) is 5.82 Å². The van der Waals surface area contributed by atoms with Crippen molar-refractivity contribution in [3.63, 3.8) is 0 Å². The van der Waals surface area contributed by atoms with E-state index in [2.05, 4.69) is 9.46 Å². The molecule has 1 rings (SSSR count). The lowest BCUT2D eigenvalue weighted by atomic mass is 10.3. The molecule has 0 bridgehead atoms. The zero-order chi connectivity index (χ0) is 14.5. The Balaban J connectivity index is 2.61. The minimum absolute atomic E-state index is 0.00320. The number of sulfonamides is 1. The Labute approximate surface area is 110 Å². The predicted molar refractivity (Wildman–Crippen MR) is 69.5 cm³/mol. The van der Waals surface area contributed by atoms with Crippen LogP contribution in [0.25, 0.3) is 0 Å². The Bertz CT molecular complexity index is 560. The number of benzene rings is 1. The number of nitrogen functional groups attached to an aromatic ring is 1. The number of carbonyl (C=O) groups excluding carboxylic acids is 1. The Morgan fingerprint density at radius 1 is 1.47 bits per heavy atom. The molecule has 3 N–H and O–H groups in total. The number of esters is 1. The maximum atomic E-state index is 12.8. The highest BCUT2D eigenvalue weighted by Gasteiger charge is 2.13. The summed E-state index contributed by atoms with van der Waals surface area (Å²) in [6, 6.07) is 3.36. The van der Waals surface area contributed by atoms with Crippen molar-refractivity contribution in [2.75, 3.05) is 23.3 Å². The first-order chi connectivity index (χ1) is 8.84. The molecule has 1 aromatic carbocycles. The van der Waals surface area contributed by atoms with Crippen LogP contribution in [0.2, 0.25) is 0 Å². The van der Waals surface area contributed by atoms with Crippen molar-refractivity contribution >= 4 is 27.4 Å². The summed E-state index contributed by atoms with van der Waals surface area (Å²) in [6.45, 7) is 0. The van der Waals surface area contributed by atoms with E-state index in [4.69, 9.17) is 5.73 Å². The third-order valence-corrected chi connectivity index (χ3v) is 3.66. The number of rotatable bonds is 6. The van der Waals surface area contributed by atoms with Gasteiger partial charge in [0.15, 0.2) is 0 Å². The largest absolute Gasteiger partial charge is 0.469 e. The van der Waals surface area contributed by atoms with E-state index >= 15 is 0 Å². The van der Waals surface area contributed by atoms with Gasteiger partial charge in [0.2, 0.25) is 10.0 Å². The third-order valence-electron chi connectivity index (χ3n) is 2.30. The van der Waals surface area contributed by atoms with Crippen molar-refractivity contribution in [2.45, 2.75) is 12.8 Å². The first-order valence-corrected chi connectivity index (χ1v) is 7.11. The van der Waals surface area contributed by atoms with Gasteiger partial charge in [0.05, 0.1) is 24.2 Å². The number of hydrogen-bond donors (Lipinski definition) is 2. The Kier molecular flexibility index (Phi) is 5.11. The third kappa shape index (κ3) is 5.12. The number of nitrogens with two attached hydrogens (primary N) is 1. The molecule has 0 spiro atoms. The van der Waals surface area contributed by atoms with Gasteiger partial charge in [-0.1, -0.05) is 0 Å². The highest BCUT2D eigenvalue weighted by atomic mass is 32.2. The number of anilines is 2. The van der Waals surface area contributed by atoms with Crippen LogP contribution >= 0.6 is 0 Å². The summed E-state index contributed by atoms with van der Waals surface area (Å²) in [4.78, 5) is 10.8.